The van der Waals surface area contributed by atoms with Gasteiger partial charge >= 0.3 is 0 Å². The second-order valence-corrected chi connectivity index (χ2v) is 6.08. The van der Waals surface area contributed by atoms with Crippen LogP contribution in [0.4, 0.5) is 0 Å². The Morgan fingerprint density at radius 1 is 1.16 bits per heavy atom. The lowest BCUT2D eigenvalue weighted by atomic mass is 10.2. The van der Waals surface area contributed by atoms with E-state index >= 15 is 0 Å². The largest absolute Gasteiger partial charge is 0.497 e. The number of hydrogen-bond acceptors (Lipinski definition) is 6. The number of methoxy groups -OCH3 is 2. The summed E-state index contributed by atoms with van der Waals surface area (Å²) in [6, 6.07) is 15.2. The Morgan fingerprint density at radius 3 is 2.80 bits per heavy atom. The van der Waals surface area contributed by atoms with Gasteiger partial charge in [0.25, 0.3) is 0 Å². The van der Waals surface area contributed by atoms with Crippen LogP contribution in [0.3, 0.4) is 0 Å². The minimum atomic E-state index is 0.632. The molecule has 0 fully saturated rings. The van der Waals surface area contributed by atoms with Gasteiger partial charge in [-0.2, -0.15) is 5.26 Å². The first-order valence-corrected chi connectivity index (χ1v) is 8.48. The Morgan fingerprint density at radius 2 is 2.04 bits per heavy atom. The smallest absolute Gasteiger partial charge is 0.209 e. The van der Waals surface area contributed by atoms with Crippen LogP contribution < -0.4 is 9.47 Å². The maximum Gasteiger partial charge on any atom is 0.209 e. The molecule has 0 aliphatic rings. The number of ether oxygens (including phenoxy) is 2. The first-order chi connectivity index (χ1) is 12.2. The molecular formula is C18H16N4O2S. The molecule has 0 spiro atoms. The summed E-state index contributed by atoms with van der Waals surface area (Å²) in [4.78, 5) is 4.51. The van der Waals surface area contributed by atoms with Crippen LogP contribution in [-0.4, -0.2) is 29.4 Å². The molecule has 0 aliphatic heterocycles. The SMILES string of the molecule is COc1ccc(-c2nc(SCc3cccc(C#N)c3)n[nH]2)c(OC)c1. The molecule has 0 radical (unpaired) electrons. The van der Waals surface area contributed by atoms with Gasteiger partial charge in [-0.3, -0.25) is 5.10 Å². The molecular weight excluding hydrogens is 336 g/mol. The fraction of sp³-hybridized carbons (Fsp3) is 0.167. The molecule has 7 heteroatoms. The van der Waals surface area contributed by atoms with Crippen molar-refractivity contribution < 1.29 is 9.47 Å². The van der Waals surface area contributed by atoms with Crippen LogP contribution in [0, 0.1) is 11.3 Å². The van der Waals surface area contributed by atoms with Crippen molar-refractivity contribution in [2.75, 3.05) is 14.2 Å². The molecule has 1 heterocycles. The summed E-state index contributed by atoms with van der Waals surface area (Å²) in [5.41, 5.74) is 2.52. The molecule has 3 rings (SSSR count). The molecule has 0 saturated heterocycles. The third-order valence-electron chi connectivity index (χ3n) is 3.55. The molecule has 3 aromatic rings. The highest BCUT2D eigenvalue weighted by Crippen LogP contribution is 2.32. The first kappa shape index (κ1) is 16.9. The van der Waals surface area contributed by atoms with E-state index in [1.54, 1.807) is 26.4 Å². The number of aromatic amines is 1. The third kappa shape index (κ3) is 3.92. The number of H-pyrrole nitrogens is 1. The molecule has 0 amide bonds. The molecule has 1 aromatic heterocycles. The monoisotopic (exact) mass is 352 g/mol. The maximum absolute atomic E-state index is 8.96. The fourth-order valence-corrected chi connectivity index (χ4v) is 3.05. The Hall–Kier alpha value is -2.98. The van der Waals surface area contributed by atoms with E-state index in [-0.39, 0.29) is 0 Å². The van der Waals surface area contributed by atoms with E-state index in [0.29, 0.717) is 33.8 Å². The Balaban J connectivity index is 1.75. The van der Waals surface area contributed by atoms with Crippen molar-refractivity contribution in [3.63, 3.8) is 0 Å². The minimum Gasteiger partial charge on any atom is -0.497 e. The maximum atomic E-state index is 8.96. The van der Waals surface area contributed by atoms with Crippen molar-refractivity contribution in [3.8, 4) is 29.0 Å². The Kier molecular flexibility index (Phi) is 5.21. The van der Waals surface area contributed by atoms with Crippen molar-refractivity contribution in [1.82, 2.24) is 15.2 Å². The van der Waals surface area contributed by atoms with Gasteiger partial charge in [-0.15, -0.1) is 5.10 Å². The van der Waals surface area contributed by atoms with E-state index in [2.05, 4.69) is 21.3 Å². The summed E-state index contributed by atoms with van der Waals surface area (Å²) in [7, 11) is 3.21. The molecule has 2 aromatic carbocycles. The molecule has 0 bridgehead atoms. The zero-order chi connectivity index (χ0) is 17.6. The summed E-state index contributed by atoms with van der Waals surface area (Å²) in [6.07, 6.45) is 0. The van der Waals surface area contributed by atoms with E-state index in [1.807, 2.05) is 30.3 Å². The van der Waals surface area contributed by atoms with Gasteiger partial charge in [-0.1, -0.05) is 23.9 Å². The highest BCUT2D eigenvalue weighted by Gasteiger charge is 2.12. The van der Waals surface area contributed by atoms with Gasteiger partial charge in [-0.05, 0) is 29.8 Å². The third-order valence-corrected chi connectivity index (χ3v) is 4.47. The molecule has 0 saturated carbocycles. The van der Waals surface area contributed by atoms with Gasteiger partial charge in [0.15, 0.2) is 5.82 Å². The lowest BCUT2D eigenvalue weighted by Gasteiger charge is -2.07. The highest BCUT2D eigenvalue weighted by atomic mass is 32.2. The van der Waals surface area contributed by atoms with Crippen LogP contribution in [0.15, 0.2) is 47.6 Å². The number of nitrogens with zero attached hydrogens (tertiary/aromatic N) is 3. The normalized spacial score (nSPS) is 10.3. The standard InChI is InChI=1S/C18H16N4O2S/c1-23-14-6-7-15(16(9-14)24-2)17-20-18(22-21-17)25-11-13-5-3-4-12(8-13)10-19/h3-9H,11H2,1-2H3,(H,20,21,22). The lowest BCUT2D eigenvalue weighted by Crippen LogP contribution is -1.91. The van der Waals surface area contributed by atoms with Crippen LogP contribution in [-0.2, 0) is 5.75 Å². The van der Waals surface area contributed by atoms with E-state index in [9.17, 15) is 0 Å². The number of rotatable bonds is 6. The number of aromatic nitrogens is 3. The number of hydrogen-bond donors (Lipinski definition) is 1. The molecule has 126 valence electrons. The second-order valence-electron chi connectivity index (χ2n) is 5.13. The average molecular weight is 352 g/mol. The summed E-state index contributed by atoms with van der Waals surface area (Å²) < 4.78 is 10.6. The quantitative estimate of drug-likeness (QED) is 0.682. The van der Waals surface area contributed by atoms with Gasteiger partial charge in [-0.25, -0.2) is 4.98 Å². The number of thioether (sulfide) groups is 1. The predicted molar refractivity (Wildman–Crippen MR) is 95.6 cm³/mol. The summed E-state index contributed by atoms with van der Waals surface area (Å²) in [5, 5.41) is 16.8. The van der Waals surface area contributed by atoms with E-state index in [0.717, 1.165) is 11.1 Å². The van der Waals surface area contributed by atoms with Crippen LogP contribution in [0.5, 0.6) is 11.5 Å². The zero-order valence-corrected chi connectivity index (χ0v) is 14.6. The van der Waals surface area contributed by atoms with Crippen molar-refractivity contribution in [3.05, 3.63) is 53.6 Å². The second kappa shape index (κ2) is 7.73. The molecule has 0 atom stereocenters. The Labute approximate surface area is 149 Å². The van der Waals surface area contributed by atoms with E-state index in [4.69, 9.17) is 14.7 Å². The predicted octanol–water partition coefficient (Wildman–Crippen LogP) is 3.65. The lowest BCUT2D eigenvalue weighted by molar-refractivity contribution is 0.395. The number of nitrogens with one attached hydrogen (secondary N) is 1. The van der Waals surface area contributed by atoms with Crippen molar-refractivity contribution in [2.45, 2.75) is 10.9 Å². The highest BCUT2D eigenvalue weighted by molar-refractivity contribution is 7.98. The van der Waals surface area contributed by atoms with Gasteiger partial charge < -0.3 is 9.47 Å². The average Bonchev–Trinajstić information content (AvgIpc) is 3.14. The van der Waals surface area contributed by atoms with Gasteiger partial charge in [0.1, 0.15) is 11.5 Å². The van der Waals surface area contributed by atoms with Crippen molar-refractivity contribution in [2.24, 2.45) is 0 Å². The fourth-order valence-electron chi connectivity index (χ4n) is 2.30. The Bertz CT molecular complexity index is 917. The number of benzene rings is 2. The van der Waals surface area contributed by atoms with Gasteiger partial charge in [0.2, 0.25) is 5.16 Å². The zero-order valence-electron chi connectivity index (χ0n) is 13.8. The topological polar surface area (TPSA) is 83.8 Å². The molecule has 1 N–H and O–H groups in total. The van der Waals surface area contributed by atoms with Crippen LogP contribution >= 0.6 is 11.8 Å². The van der Waals surface area contributed by atoms with Gasteiger partial charge in [0, 0.05) is 11.8 Å². The first-order valence-electron chi connectivity index (χ1n) is 7.50. The van der Waals surface area contributed by atoms with E-state index < -0.39 is 0 Å². The summed E-state index contributed by atoms with van der Waals surface area (Å²) >= 11 is 1.50. The minimum absolute atomic E-state index is 0.632. The van der Waals surface area contributed by atoms with Crippen LogP contribution in [0.25, 0.3) is 11.4 Å². The van der Waals surface area contributed by atoms with Crippen molar-refractivity contribution in [1.29, 1.82) is 5.26 Å². The van der Waals surface area contributed by atoms with Gasteiger partial charge in [0.05, 0.1) is 31.4 Å². The molecule has 25 heavy (non-hydrogen) atoms. The molecule has 0 aliphatic carbocycles. The van der Waals surface area contributed by atoms with E-state index in [1.165, 1.54) is 11.8 Å². The summed E-state index contributed by atoms with van der Waals surface area (Å²) in [5.74, 6) is 2.70. The summed E-state index contributed by atoms with van der Waals surface area (Å²) in [6.45, 7) is 0. The number of nitriles is 1. The molecule has 0 unspecified atom stereocenters. The van der Waals surface area contributed by atoms with Crippen LogP contribution in [0.1, 0.15) is 11.1 Å². The van der Waals surface area contributed by atoms with Crippen molar-refractivity contribution >= 4 is 11.8 Å². The van der Waals surface area contributed by atoms with Crippen LogP contribution in [0.2, 0.25) is 0 Å². The molecule has 6 nitrogen and oxygen atoms in total.